The second-order valence-electron chi connectivity index (χ2n) is 5.24. The first-order valence-electron chi connectivity index (χ1n) is 7.48. The van der Waals surface area contributed by atoms with E-state index in [1.54, 1.807) is 24.3 Å². The van der Waals surface area contributed by atoms with E-state index in [2.05, 4.69) is 5.32 Å². The lowest BCUT2D eigenvalue weighted by molar-refractivity contribution is -0.137. The highest BCUT2D eigenvalue weighted by atomic mass is 16.5. The van der Waals surface area contributed by atoms with Crippen molar-refractivity contribution in [2.75, 3.05) is 13.7 Å². The molecule has 6 heteroatoms. The molecule has 2 rings (SSSR count). The largest absolute Gasteiger partial charge is 0.491 e. The van der Waals surface area contributed by atoms with Crippen LogP contribution in [-0.4, -0.2) is 36.3 Å². The molecule has 0 fully saturated rings. The van der Waals surface area contributed by atoms with Gasteiger partial charge in [-0.1, -0.05) is 30.7 Å². The molecule has 0 aromatic heterocycles. The third-order valence-electron chi connectivity index (χ3n) is 3.65. The third kappa shape index (κ3) is 3.77. The Kier molecular flexibility index (Phi) is 5.51. The van der Waals surface area contributed by atoms with E-state index in [0.717, 1.165) is 6.42 Å². The number of aliphatic carboxylic acids is 1. The third-order valence-corrected chi connectivity index (χ3v) is 3.65. The summed E-state index contributed by atoms with van der Waals surface area (Å²) in [6.07, 6.45) is 2.16. The minimum atomic E-state index is -0.813. The summed E-state index contributed by atoms with van der Waals surface area (Å²) in [6.45, 7) is 0.475. The van der Waals surface area contributed by atoms with E-state index < -0.39 is 5.97 Å². The molecule has 23 heavy (non-hydrogen) atoms. The summed E-state index contributed by atoms with van der Waals surface area (Å²) < 4.78 is 5.12. The van der Waals surface area contributed by atoms with Crippen LogP contribution in [0.2, 0.25) is 0 Å². The minimum absolute atomic E-state index is 0.0271. The van der Waals surface area contributed by atoms with Crippen molar-refractivity contribution in [3.8, 4) is 0 Å². The molecule has 0 saturated heterocycles. The zero-order chi connectivity index (χ0) is 16.8. The van der Waals surface area contributed by atoms with Crippen LogP contribution < -0.4 is 5.32 Å². The van der Waals surface area contributed by atoms with Crippen LogP contribution in [0.15, 0.2) is 35.7 Å². The van der Waals surface area contributed by atoms with Crippen LogP contribution in [0.5, 0.6) is 0 Å². The van der Waals surface area contributed by atoms with Crippen LogP contribution >= 0.6 is 0 Å². The Labute approximate surface area is 134 Å². The van der Waals surface area contributed by atoms with Crippen LogP contribution in [0.3, 0.4) is 0 Å². The second kappa shape index (κ2) is 7.58. The first-order chi connectivity index (χ1) is 11.1. The Morgan fingerprint density at radius 1 is 1.09 bits per heavy atom. The predicted molar refractivity (Wildman–Crippen MR) is 83.2 cm³/mol. The van der Waals surface area contributed by atoms with Gasteiger partial charge in [-0.05, 0) is 12.8 Å². The molecule has 0 unspecified atom stereocenters. The fraction of sp³-hybridized carbons (Fsp3) is 0.353. The van der Waals surface area contributed by atoms with Crippen molar-refractivity contribution in [2.45, 2.75) is 25.7 Å². The van der Waals surface area contributed by atoms with E-state index in [4.69, 9.17) is 9.84 Å². The van der Waals surface area contributed by atoms with Crippen LogP contribution in [0.25, 0.3) is 0 Å². The molecule has 0 heterocycles. The molecule has 122 valence electrons. The zero-order valence-electron chi connectivity index (χ0n) is 12.9. The number of ether oxygens (including phenoxy) is 1. The fourth-order valence-corrected chi connectivity index (χ4v) is 2.50. The maximum atomic E-state index is 12.5. The number of Topliss-reactive ketones (excluding diaryl/α,β-unsaturated/α-hetero) is 2. The number of methoxy groups -OCH3 is 1. The van der Waals surface area contributed by atoms with Crippen molar-refractivity contribution in [1.29, 1.82) is 0 Å². The maximum absolute atomic E-state index is 12.5. The molecule has 0 aliphatic heterocycles. The average Bonchev–Trinajstić information content (AvgIpc) is 2.55. The molecule has 0 bridgehead atoms. The molecule has 1 aromatic carbocycles. The number of carboxylic acids is 1. The monoisotopic (exact) mass is 317 g/mol. The average molecular weight is 317 g/mol. The first kappa shape index (κ1) is 16.7. The maximum Gasteiger partial charge on any atom is 0.303 e. The summed E-state index contributed by atoms with van der Waals surface area (Å²) in [5.74, 6) is -1.36. The highest BCUT2D eigenvalue weighted by Crippen LogP contribution is 2.25. The Balaban J connectivity index is 2.03. The van der Waals surface area contributed by atoms with Gasteiger partial charge in [0.25, 0.3) is 0 Å². The molecular weight excluding hydrogens is 298 g/mol. The number of unbranched alkanes of at least 4 members (excludes halogenated alkanes) is 2. The topological polar surface area (TPSA) is 92.7 Å². The van der Waals surface area contributed by atoms with Crippen molar-refractivity contribution in [2.24, 2.45) is 0 Å². The van der Waals surface area contributed by atoms with Gasteiger partial charge in [0.2, 0.25) is 11.6 Å². The van der Waals surface area contributed by atoms with Gasteiger partial charge in [-0.15, -0.1) is 0 Å². The van der Waals surface area contributed by atoms with Gasteiger partial charge in [-0.25, -0.2) is 0 Å². The number of carbonyl (C=O) groups is 3. The molecule has 1 aliphatic rings. The molecule has 0 spiro atoms. The smallest absolute Gasteiger partial charge is 0.303 e. The van der Waals surface area contributed by atoms with Gasteiger partial charge in [0.15, 0.2) is 5.76 Å². The highest BCUT2D eigenvalue weighted by Gasteiger charge is 2.32. The number of benzene rings is 1. The van der Waals surface area contributed by atoms with E-state index in [0.29, 0.717) is 30.5 Å². The number of fused-ring (bicyclic) bond motifs is 1. The van der Waals surface area contributed by atoms with Crippen molar-refractivity contribution < 1.29 is 24.2 Å². The summed E-state index contributed by atoms with van der Waals surface area (Å²) in [6, 6.07) is 6.65. The lowest BCUT2D eigenvalue weighted by Crippen LogP contribution is -2.31. The lowest BCUT2D eigenvalue weighted by atomic mass is 9.91. The normalized spacial score (nSPS) is 13.8. The van der Waals surface area contributed by atoms with Gasteiger partial charge in [0.05, 0.1) is 7.11 Å². The van der Waals surface area contributed by atoms with Crippen molar-refractivity contribution >= 4 is 17.5 Å². The Bertz CT molecular complexity index is 663. The molecule has 0 saturated carbocycles. The number of rotatable bonds is 8. The first-order valence-corrected chi connectivity index (χ1v) is 7.48. The molecule has 0 atom stereocenters. The second-order valence-corrected chi connectivity index (χ2v) is 5.24. The van der Waals surface area contributed by atoms with Crippen LogP contribution in [-0.2, 0) is 9.53 Å². The van der Waals surface area contributed by atoms with Crippen molar-refractivity contribution in [1.82, 2.24) is 5.32 Å². The summed E-state index contributed by atoms with van der Waals surface area (Å²) in [4.78, 5) is 35.3. The molecule has 0 amide bonds. The molecule has 1 aromatic rings. The van der Waals surface area contributed by atoms with E-state index >= 15 is 0 Å². The Hall–Kier alpha value is -2.63. The van der Waals surface area contributed by atoms with Crippen molar-refractivity contribution in [3.63, 3.8) is 0 Å². The molecule has 1 aliphatic carbocycles. The number of carbonyl (C=O) groups excluding carboxylic acids is 2. The van der Waals surface area contributed by atoms with Gasteiger partial charge < -0.3 is 15.2 Å². The van der Waals surface area contributed by atoms with Gasteiger partial charge in [-0.2, -0.15) is 0 Å². The van der Waals surface area contributed by atoms with Gasteiger partial charge >= 0.3 is 5.97 Å². The quantitative estimate of drug-likeness (QED) is 0.714. The predicted octanol–water partition coefficient (Wildman–Crippen LogP) is 2.16. The summed E-state index contributed by atoms with van der Waals surface area (Å²) in [5, 5.41) is 11.5. The van der Waals surface area contributed by atoms with Gasteiger partial charge in [-0.3, -0.25) is 14.4 Å². The summed E-state index contributed by atoms with van der Waals surface area (Å²) >= 11 is 0. The molecule has 2 N–H and O–H groups in total. The molecule has 0 radical (unpaired) electrons. The SMILES string of the molecule is COC1=C(NCCCCCC(=O)O)C(=O)c2ccccc2C1=O. The van der Waals surface area contributed by atoms with E-state index in [1.165, 1.54) is 7.11 Å². The van der Waals surface area contributed by atoms with Crippen LogP contribution in [0.1, 0.15) is 46.4 Å². The van der Waals surface area contributed by atoms with E-state index in [1.807, 2.05) is 0 Å². The Morgan fingerprint density at radius 3 is 2.35 bits per heavy atom. The van der Waals surface area contributed by atoms with E-state index in [9.17, 15) is 14.4 Å². The minimum Gasteiger partial charge on any atom is -0.491 e. The highest BCUT2D eigenvalue weighted by molar-refractivity contribution is 6.25. The number of nitrogens with one attached hydrogen (secondary N) is 1. The summed E-state index contributed by atoms with van der Waals surface area (Å²) in [7, 11) is 1.36. The van der Waals surface area contributed by atoms with Crippen LogP contribution in [0.4, 0.5) is 0 Å². The standard InChI is InChI=1S/C17H19NO5/c1-23-17-14(18-10-6-2-3-9-13(19)20)15(21)11-7-4-5-8-12(11)16(17)22/h4-5,7-8,18H,2-3,6,9-10H2,1H3,(H,19,20). The number of ketones is 2. The number of hydrogen-bond donors (Lipinski definition) is 2. The number of carboxylic acid groups (broad SMARTS) is 1. The van der Waals surface area contributed by atoms with Crippen molar-refractivity contribution in [3.05, 3.63) is 46.8 Å². The number of hydrogen-bond acceptors (Lipinski definition) is 5. The zero-order valence-corrected chi connectivity index (χ0v) is 12.9. The summed E-state index contributed by atoms with van der Waals surface area (Å²) in [5.41, 5.74) is 0.891. The lowest BCUT2D eigenvalue weighted by Gasteiger charge is -2.20. The van der Waals surface area contributed by atoms with E-state index in [-0.39, 0.29) is 29.4 Å². The molecular formula is C17H19NO5. The van der Waals surface area contributed by atoms with Gasteiger partial charge in [0.1, 0.15) is 5.70 Å². The molecule has 6 nitrogen and oxygen atoms in total. The number of allylic oxidation sites excluding steroid dienone is 2. The van der Waals surface area contributed by atoms with Crippen LogP contribution in [0, 0.1) is 0 Å². The fourth-order valence-electron chi connectivity index (χ4n) is 2.50. The van der Waals surface area contributed by atoms with Gasteiger partial charge in [0, 0.05) is 24.1 Å². The Morgan fingerprint density at radius 2 is 1.74 bits per heavy atom.